The molecular formula is C11H24N2. The second-order valence-electron chi connectivity index (χ2n) is 4.66. The van der Waals surface area contributed by atoms with Gasteiger partial charge < -0.3 is 10.2 Å². The van der Waals surface area contributed by atoms with E-state index >= 15 is 0 Å². The van der Waals surface area contributed by atoms with Gasteiger partial charge in [0, 0.05) is 18.6 Å². The monoisotopic (exact) mass is 184 g/mol. The van der Waals surface area contributed by atoms with Gasteiger partial charge in [0.2, 0.25) is 0 Å². The molecule has 1 aliphatic carbocycles. The smallest absolute Gasteiger partial charge is 0.0169 e. The van der Waals surface area contributed by atoms with Crippen molar-refractivity contribution in [2.24, 2.45) is 0 Å². The fourth-order valence-corrected chi connectivity index (χ4v) is 2.27. The van der Waals surface area contributed by atoms with Crippen LogP contribution in [0.4, 0.5) is 0 Å². The second kappa shape index (κ2) is 5.61. The molecule has 0 spiro atoms. The average molecular weight is 184 g/mol. The Bertz CT molecular complexity index is 128. The van der Waals surface area contributed by atoms with Crippen molar-refractivity contribution in [1.29, 1.82) is 0 Å². The van der Waals surface area contributed by atoms with Crippen LogP contribution in [-0.4, -0.2) is 37.6 Å². The summed E-state index contributed by atoms with van der Waals surface area (Å²) in [4.78, 5) is 2.25. The van der Waals surface area contributed by atoms with Gasteiger partial charge in [0.15, 0.2) is 0 Å². The molecular weight excluding hydrogens is 160 g/mol. The van der Waals surface area contributed by atoms with Crippen LogP contribution in [0.2, 0.25) is 0 Å². The molecule has 1 unspecified atom stereocenters. The lowest BCUT2D eigenvalue weighted by atomic mass is 9.95. The van der Waals surface area contributed by atoms with Gasteiger partial charge >= 0.3 is 0 Å². The molecule has 2 heteroatoms. The van der Waals surface area contributed by atoms with E-state index in [1.807, 2.05) is 0 Å². The Labute approximate surface area is 82.7 Å². The maximum atomic E-state index is 3.71. The maximum absolute atomic E-state index is 3.71. The summed E-state index contributed by atoms with van der Waals surface area (Å²) >= 11 is 0. The molecule has 2 nitrogen and oxygen atoms in total. The number of hydrogen-bond acceptors (Lipinski definition) is 2. The molecule has 0 bridgehead atoms. The van der Waals surface area contributed by atoms with Gasteiger partial charge in [-0.15, -0.1) is 0 Å². The van der Waals surface area contributed by atoms with Crippen molar-refractivity contribution in [3.8, 4) is 0 Å². The minimum Gasteiger partial charge on any atom is -0.310 e. The fourth-order valence-electron chi connectivity index (χ4n) is 2.27. The zero-order valence-corrected chi connectivity index (χ0v) is 9.34. The van der Waals surface area contributed by atoms with Crippen molar-refractivity contribution >= 4 is 0 Å². The number of rotatable bonds is 4. The highest BCUT2D eigenvalue weighted by Crippen LogP contribution is 2.17. The van der Waals surface area contributed by atoms with Gasteiger partial charge in [-0.1, -0.05) is 19.3 Å². The lowest BCUT2D eigenvalue weighted by molar-refractivity contribution is 0.294. The first-order valence-corrected chi connectivity index (χ1v) is 5.59. The van der Waals surface area contributed by atoms with Crippen LogP contribution in [0, 0.1) is 0 Å². The van der Waals surface area contributed by atoms with Crippen molar-refractivity contribution in [2.45, 2.75) is 51.1 Å². The van der Waals surface area contributed by atoms with Crippen LogP contribution in [0.1, 0.15) is 39.0 Å². The van der Waals surface area contributed by atoms with Crippen LogP contribution >= 0.6 is 0 Å². The lowest BCUT2D eigenvalue weighted by Crippen LogP contribution is -2.42. The standard InChI is InChI=1S/C11H24N2/c1-10(9-13(2)3)12-11-7-5-4-6-8-11/h10-12H,4-9H2,1-3H3. The molecule has 0 aliphatic heterocycles. The Balaban J connectivity index is 2.14. The Hall–Kier alpha value is -0.0800. The van der Waals surface area contributed by atoms with E-state index in [0.29, 0.717) is 6.04 Å². The van der Waals surface area contributed by atoms with E-state index in [9.17, 15) is 0 Å². The van der Waals surface area contributed by atoms with Gasteiger partial charge in [-0.3, -0.25) is 0 Å². The molecule has 0 radical (unpaired) electrons. The summed E-state index contributed by atoms with van der Waals surface area (Å²) in [6.45, 7) is 3.44. The molecule has 0 aromatic carbocycles. The maximum Gasteiger partial charge on any atom is 0.0169 e. The minimum atomic E-state index is 0.637. The van der Waals surface area contributed by atoms with Crippen molar-refractivity contribution in [1.82, 2.24) is 10.2 Å². The van der Waals surface area contributed by atoms with E-state index in [-0.39, 0.29) is 0 Å². The highest BCUT2D eigenvalue weighted by Gasteiger charge is 2.15. The summed E-state index contributed by atoms with van der Waals surface area (Å²) in [5.41, 5.74) is 0. The first-order valence-electron chi connectivity index (χ1n) is 5.59. The highest BCUT2D eigenvalue weighted by atomic mass is 15.1. The van der Waals surface area contributed by atoms with Gasteiger partial charge in [0.1, 0.15) is 0 Å². The molecule has 0 saturated heterocycles. The van der Waals surface area contributed by atoms with E-state index in [4.69, 9.17) is 0 Å². The molecule has 0 amide bonds. The topological polar surface area (TPSA) is 15.3 Å². The van der Waals surface area contributed by atoms with Crippen molar-refractivity contribution in [3.63, 3.8) is 0 Å². The fraction of sp³-hybridized carbons (Fsp3) is 1.00. The van der Waals surface area contributed by atoms with E-state index in [2.05, 4.69) is 31.2 Å². The summed E-state index contributed by atoms with van der Waals surface area (Å²) in [6.07, 6.45) is 7.06. The first kappa shape index (κ1) is 11.0. The quantitative estimate of drug-likeness (QED) is 0.717. The molecule has 1 saturated carbocycles. The summed E-state index contributed by atoms with van der Waals surface area (Å²) in [6, 6.07) is 1.43. The largest absolute Gasteiger partial charge is 0.310 e. The van der Waals surface area contributed by atoms with Gasteiger partial charge in [0.25, 0.3) is 0 Å². The molecule has 1 fully saturated rings. The third kappa shape index (κ3) is 4.63. The Morgan fingerprint density at radius 3 is 2.38 bits per heavy atom. The molecule has 13 heavy (non-hydrogen) atoms. The zero-order chi connectivity index (χ0) is 9.68. The van der Waals surface area contributed by atoms with Crippen LogP contribution in [0.3, 0.4) is 0 Å². The van der Waals surface area contributed by atoms with Crippen molar-refractivity contribution < 1.29 is 0 Å². The Morgan fingerprint density at radius 1 is 1.23 bits per heavy atom. The second-order valence-corrected chi connectivity index (χ2v) is 4.66. The van der Waals surface area contributed by atoms with Gasteiger partial charge in [-0.2, -0.15) is 0 Å². The molecule has 1 atom stereocenters. The molecule has 0 aromatic heterocycles. The van der Waals surface area contributed by atoms with Crippen LogP contribution < -0.4 is 5.32 Å². The van der Waals surface area contributed by atoms with Gasteiger partial charge in [0.05, 0.1) is 0 Å². The minimum absolute atomic E-state index is 0.637. The van der Waals surface area contributed by atoms with E-state index in [0.717, 1.165) is 12.6 Å². The SMILES string of the molecule is CC(CN(C)C)NC1CCCCC1. The molecule has 0 heterocycles. The van der Waals surface area contributed by atoms with Gasteiger partial charge in [-0.25, -0.2) is 0 Å². The summed E-state index contributed by atoms with van der Waals surface area (Å²) in [5, 5.41) is 3.71. The van der Waals surface area contributed by atoms with Crippen molar-refractivity contribution in [2.75, 3.05) is 20.6 Å². The number of nitrogens with one attached hydrogen (secondary N) is 1. The van der Waals surface area contributed by atoms with Crippen LogP contribution in [0.25, 0.3) is 0 Å². The van der Waals surface area contributed by atoms with E-state index in [1.165, 1.54) is 32.1 Å². The third-order valence-corrected chi connectivity index (χ3v) is 2.76. The van der Waals surface area contributed by atoms with Crippen LogP contribution in [0.15, 0.2) is 0 Å². The van der Waals surface area contributed by atoms with Crippen LogP contribution in [-0.2, 0) is 0 Å². The van der Waals surface area contributed by atoms with Crippen LogP contribution in [0.5, 0.6) is 0 Å². The molecule has 78 valence electrons. The molecule has 1 rings (SSSR count). The predicted octanol–water partition coefficient (Wildman–Crippen LogP) is 1.86. The van der Waals surface area contributed by atoms with Crippen molar-refractivity contribution in [3.05, 3.63) is 0 Å². The van der Waals surface area contributed by atoms with E-state index < -0.39 is 0 Å². The number of likely N-dealkylation sites (N-methyl/N-ethyl adjacent to an activating group) is 1. The Kier molecular flexibility index (Phi) is 4.74. The summed E-state index contributed by atoms with van der Waals surface area (Å²) < 4.78 is 0. The molecule has 1 N–H and O–H groups in total. The van der Waals surface area contributed by atoms with Gasteiger partial charge in [-0.05, 0) is 33.9 Å². The number of hydrogen-bond donors (Lipinski definition) is 1. The average Bonchev–Trinajstić information content (AvgIpc) is 2.04. The molecule has 1 aliphatic rings. The highest BCUT2D eigenvalue weighted by molar-refractivity contribution is 4.76. The third-order valence-electron chi connectivity index (χ3n) is 2.76. The molecule has 0 aromatic rings. The summed E-state index contributed by atoms with van der Waals surface area (Å²) in [7, 11) is 4.28. The lowest BCUT2D eigenvalue weighted by Gasteiger charge is -2.28. The normalized spacial score (nSPS) is 22.2. The van der Waals surface area contributed by atoms with E-state index in [1.54, 1.807) is 0 Å². The summed E-state index contributed by atoms with van der Waals surface area (Å²) in [5.74, 6) is 0. The first-order chi connectivity index (χ1) is 6.18. The Morgan fingerprint density at radius 2 is 1.85 bits per heavy atom. The zero-order valence-electron chi connectivity index (χ0n) is 9.34. The predicted molar refractivity (Wildman–Crippen MR) is 58.0 cm³/mol. The number of nitrogens with zero attached hydrogens (tertiary/aromatic N) is 1.